The van der Waals surface area contributed by atoms with Gasteiger partial charge in [0.05, 0.1) is 0 Å². The summed E-state index contributed by atoms with van der Waals surface area (Å²) in [5.41, 5.74) is 0.758. The fraction of sp³-hybridized carbons (Fsp3) is 0.467. The lowest BCUT2D eigenvalue weighted by Crippen LogP contribution is -2.43. The molecule has 1 heterocycles. The Balaban J connectivity index is 1.83. The molecule has 112 valence electrons. The average molecular weight is 308 g/mol. The van der Waals surface area contributed by atoms with Gasteiger partial charge in [0.2, 0.25) is 0 Å². The first-order valence-electron chi connectivity index (χ1n) is 7.03. The molecule has 5 nitrogen and oxygen atoms in total. The van der Waals surface area contributed by atoms with E-state index >= 15 is 0 Å². The number of halogens is 1. The summed E-state index contributed by atoms with van der Waals surface area (Å²) in [6.45, 7) is 1.89. The molecule has 0 spiro atoms. The van der Waals surface area contributed by atoms with Crippen LogP contribution < -0.4 is 5.32 Å². The zero-order valence-electron chi connectivity index (χ0n) is 12.1. The van der Waals surface area contributed by atoms with Gasteiger partial charge in [0.15, 0.2) is 5.82 Å². The van der Waals surface area contributed by atoms with Gasteiger partial charge >= 0.3 is 0 Å². The maximum atomic E-state index is 5.92. The maximum Gasteiger partial charge on any atom is 0.255 e. The molecule has 1 aliphatic rings. The summed E-state index contributed by atoms with van der Waals surface area (Å²) in [6, 6.07) is 7.65. The third-order valence-electron chi connectivity index (χ3n) is 4.01. The zero-order valence-corrected chi connectivity index (χ0v) is 12.9. The third-order valence-corrected chi connectivity index (χ3v) is 4.26. The van der Waals surface area contributed by atoms with Crippen LogP contribution in [0.4, 0.5) is 5.69 Å². The van der Waals surface area contributed by atoms with Crippen LogP contribution in [0.3, 0.4) is 0 Å². The number of aromatic nitrogens is 2. The minimum Gasteiger partial charge on any atom is -0.372 e. The molecule has 0 saturated heterocycles. The second-order valence-corrected chi connectivity index (χ2v) is 5.84. The largest absolute Gasteiger partial charge is 0.372 e. The number of hydrogen-bond donors (Lipinski definition) is 1. The SMILES string of the molecule is CO[C@@H](C)c1nc(C2(Nc3ccc(Cl)cc3)CCC2)no1. The van der Waals surface area contributed by atoms with E-state index in [1.165, 1.54) is 0 Å². The first kappa shape index (κ1) is 14.4. The number of anilines is 1. The van der Waals surface area contributed by atoms with Crippen LogP contribution in [0.5, 0.6) is 0 Å². The van der Waals surface area contributed by atoms with Gasteiger partial charge in [0.1, 0.15) is 11.6 Å². The molecular weight excluding hydrogens is 290 g/mol. The van der Waals surface area contributed by atoms with Gasteiger partial charge < -0.3 is 14.6 Å². The molecule has 0 amide bonds. The summed E-state index contributed by atoms with van der Waals surface area (Å²) in [4.78, 5) is 4.50. The quantitative estimate of drug-likeness (QED) is 0.907. The topological polar surface area (TPSA) is 60.2 Å². The van der Waals surface area contributed by atoms with Crippen LogP contribution in [-0.2, 0) is 10.3 Å². The van der Waals surface area contributed by atoms with Gasteiger partial charge in [-0.25, -0.2) is 0 Å². The molecule has 0 unspecified atom stereocenters. The van der Waals surface area contributed by atoms with Crippen molar-refractivity contribution < 1.29 is 9.26 Å². The Labute approximate surface area is 128 Å². The van der Waals surface area contributed by atoms with Crippen LogP contribution >= 0.6 is 11.6 Å². The molecule has 6 heteroatoms. The average Bonchev–Trinajstić information content (AvgIpc) is 2.94. The lowest BCUT2D eigenvalue weighted by Gasteiger charge is -2.40. The molecule has 0 bridgehead atoms. The lowest BCUT2D eigenvalue weighted by atomic mass is 9.76. The molecule has 1 fully saturated rings. The van der Waals surface area contributed by atoms with Crippen LogP contribution in [0, 0.1) is 0 Å². The number of nitrogens with zero attached hydrogens (tertiary/aromatic N) is 2. The summed E-state index contributed by atoms with van der Waals surface area (Å²) >= 11 is 5.92. The van der Waals surface area contributed by atoms with Crippen molar-refractivity contribution in [3.05, 3.63) is 41.0 Å². The lowest BCUT2D eigenvalue weighted by molar-refractivity contribution is 0.0885. The van der Waals surface area contributed by atoms with Gasteiger partial charge in [-0.1, -0.05) is 16.8 Å². The molecule has 1 N–H and O–H groups in total. The summed E-state index contributed by atoms with van der Waals surface area (Å²) in [5.74, 6) is 1.21. The highest BCUT2D eigenvalue weighted by Gasteiger charge is 2.43. The predicted molar refractivity (Wildman–Crippen MR) is 80.3 cm³/mol. The van der Waals surface area contributed by atoms with E-state index in [2.05, 4.69) is 15.5 Å². The molecule has 1 aliphatic carbocycles. The van der Waals surface area contributed by atoms with Gasteiger partial charge in [-0.05, 0) is 50.5 Å². The fourth-order valence-corrected chi connectivity index (χ4v) is 2.57. The van der Waals surface area contributed by atoms with E-state index in [9.17, 15) is 0 Å². The highest BCUT2D eigenvalue weighted by Crippen LogP contribution is 2.43. The Morgan fingerprint density at radius 3 is 2.62 bits per heavy atom. The summed E-state index contributed by atoms with van der Waals surface area (Å²) < 4.78 is 10.5. The normalized spacial score (nSPS) is 18.0. The fourth-order valence-electron chi connectivity index (χ4n) is 2.44. The Kier molecular flexibility index (Phi) is 3.87. The van der Waals surface area contributed by atoms with Gasteiger partial charge in [0.25, 0.3) is 5.89 Å². The molecular formula is C15H18ClN3O2. The smallest absolute Gasteiger partial charge is 0.255 e. The van der Waals surface area contributed by atoms with Crippen molar-refractivity contribution in [2.24, 2.45) is 0 Å². The third kappa shape index (κ3) is 2.76. The molecule has 0 radical (unpaired) electrons. The number of ether oxygens (including phenoxy) is 1. The molecule has 1 aromatic carbocycles. The van der Waals surface area contributed by atoms with Crippen LogP contribution in [0.25, 0.3) is 0 Å². The first-order chi connectivity index (χ1) is 10.1. The van der Waals surface area contributed by atoms with Crippen molar-refractivity contribution in [1.82, 2.24) is 10.1 Å². The summed E-state index contributed by atoms with van der Waals surface area (Å²) in [7, 11) is 1.62. The van der Waals surface area contributed by atoms with Crippen molar-refractivity contribution in [3.63, 3.8) is 0 Å². The number of nitrogens with one attached hydrogen (secondary N) is 1. The molecule has 0 aliphatic heterocycles. The van der Waals surface area contributed by atoms with Gasteiger partial charge in [-0.2, -0.15) is 4.98 Å². The van der Waals surface area contributed by atoms with Crippen molar-refractivity contribution >= 4 is 17.3 Å². The van der Waals surface area contributed by atoms with Crippen molar-refractivity contribution in [2.75, 3.05) is 12.4 Å². The second kappa shape index (κ2) is 5.66. The van der Waals surface area contributed by atoms with E-state index in [1.54, 1.807) is 7.11 Å². The van der Waals surface area contributed by atoms with E-state index in [-0.39, 0.29) is 11.6 Å². The number of rotatable bonds is 5. The maximum absolute atomic E-state index is 5.92. The van der Waals surface area contributed by atoms with E-state index < -0.39 is 0 Å². The molecule has 2 aromatic rings. The minimum absolute atomic E-state index is 0.195. The van der Waals surface area contributed by atoms with Crippen molar-refractivity contribution in [3.8, 4) is 0 Å². The summed E-state index contributed by atoms with van der Waals surface area (Å²) in [5, 5.41) is 8.38. The number of methoxy groups -OCH3 is 1. The van der Waals surface area contributed by atoms with Gasteiger partial charge in [-0.3, -0.25) is 0 Å². The highest BCUT2D eigenvalue weighted by atomic mass is 35.5. The Bertz CT molecular complexity index is 608. The van der Waals surface area contributed by atoms with E-state index in [1.807, 2.05) is 31.2 Å². The Morgan fingerprint density at radius 2 is 2.05 bits per heavy atom. The number of benzene rings is 1. The monoisotopic (exact) mass is 307 g/mol. The molecule has 1 atom stereocenters. The minimum atomic E-state index is -0.247. The molecule has 1 saturated carbocycles. The standard InChI is InChI=1S/C15H18ClN3O2/c1-10(20-2)13-17-14(19-21-13)15(8-3-9-15)18-12-6-4-11(16)5-7-12/h4-7,10,18H,3,8-9H2,1-2H3/t10-/m0/s1. The highest BCUT2D eigenvalue weighted by molar-refractivity contribution is 6.30. The Morgan fingerprint density at radius 1 is 1.33 bits per heavy atom. The van der Waals surface area contributed by atoms with Crippen molar-refractivity contribution in [1.29, 1.82) is 0 Å². The van der Waals surface area contributed by atoms with E-state index in [0.717, 1.165) is 30.0 Å². The van der Waals surface area contributed by atoms with E-state index in [4.69, 9.17) is 20.9 Å². The number of hydrogen-bond acceptors (Lipinski definition) is 5. The first-order valence-corrected chi connectivity index (χ1v) is 7.41. The Hall–Kier alpha value is -1.59. The van der Waals surface area contributed by atoms with Crippen LogP contribution in [-0.4, -0.2) is 17.3 Å². The predicted octanol–water partition coefficient (Wildman–Crippen LogP) is 3.92. The van der Waals surface area contributed by atoms with Gasteiger partial charge in [0, 0.05) is 17.8 Å². The molecule has 1 aromatic heterocycles. The van der Waals surface area contributed by atoms with Crippen LogP contribution in [0.2, 0.25) is 5.02 Å². The van der Waals surface area contributed by atoms with Crippen LogP contribution in [0.15, 0.2) is 28.8 Å². The molecule has 21 heavy (non-hydrogen) atoms. The van der Waals surface area contributed by atoms with Crippen LogP contribution in [0.1, 0.15) is 44.0 Å². The summed E-state index contributed by atoms with van der Waals surface area (Å²) in [6.07, 6.45) is 2.91. The molecule has 3 rings (SSSR count). The van der Waals surface area contributed by atoms with Crippen molar-refractivity contribution in [2.45, 2.75) is 37.8 Å². The van der Waals surface area contributed by atoms with Gasteiger partial charge in [-0.15, -0.1) is 0 Å². The van der Waals surface area contributed by atoms with E-state index in [0.29, 0.717) is 11.7 Å². The zero-order chi connectivity index (χ0) is 14.9. The second-order valence-electron chi connectivity index (χ2n) is 5.40.